The van der Waals surface area contributed by atoms with Gasteiger partial charge < -0.3 is 14.9 Å². The number of piperidine rings is 1. The summed E-state index contributed by atoms with van der Waals surface area (Å²) in [7, 11) is 0. The van der Waals surface area contributed by atoms with Crippen LogP contribution in [-0.2, 0) is 0 Å². The number of likely N-dealkylation sites (tertiary alicyclic amines) is 2. The van der Waals surface area contributed by atoms with Gasteiger partial charge in [0.1, 0.15) is 0 Å². The molecular weight excluding hydrogens is 212 g/mol. The van der Waals surface area contributed by atoms with Gasteiger partial charge in [-0.2, -0.15) is 0 Å². The number of hydrogen-bond donors (Lipinski definition) is 1. The number of aliphatic hydroxyl groups excluding tert-OH is 1. The zero-order chi connectivity index (χ0) is 12.3. The van der Waals surface area contributed by atoms with Crippen molar-refractivity contribution in [3.05, 3.63) is 12.3 Å². The molecule has 0 aromatic rings. The smallest absolute Gasteiger partial charge is 0.0558 e. The highest BCUT2D eigenvalue weighted by Crippen LogP contribution is 2.32. The quantitative estimate of drug-likeness (QED) is 0.787. The van der Waals surface area contributed by atoms with Gasteiger partial charge in [-0.3, -0.25) is 0 Å². The van der Waals surface area contributed by atoms with Gasteiger partial charge in [0.15, 0.2) is 0 Å². The Labute approximate surface area is 105 Å². The van der Waals surface area contributed by atoms with Crippen LogP contribution in [0.25, 0.3) is 0 Å². The summed E-state index contributed by atoms with van der Waals surface area (Å²) in [4.78, 5) is 4.85. The fourth-order valence-electron chi connectivity index (χ4n) is 3.11. The minimum Gasteiger partial charge on any atom is -0.395 e. The Kier molecular flexibility index (Phi) is 4.46. The third-order valence-electron chi connectivity index (χ3n) is 4.39. The fourth-order valence-corrected chi connectivity index (χ4v) is 3.11. The standard InChI is InChI=1S/C14H26N2O/c1-3-12(2)16-10-14(11-16)13-5-4-6-15(9-13)7-8-17/h13-14,17H,2-11H2,1H3/t13-/m0/s1. The van der Waals surface area contributed by atoms with Crippen LogP contribution in [0.2, 0.25) is 0 Å². The van der Waals surface area contributed by atoms with E-state index in [-0.39, 0.29) is 0 Å². The van der Waals surface area contributed by atoms with Gasteiger partial charge in [0.05, 0.1) is 6.61 Å². The molecule has 1 atom stereocenters. The predicted octanol–water partition coefficient (Wildman–Crippen LogP) is 1.55. The molecule has 0 aromatic heterocycles. The summed E-state index contributed by atoms with van der Waals surface area (Å²) in [5, 5.41) is 9.00. The molecule has 2 heterocycles. The van der Waals surface area contributed by atoms with Crippen molar-refractivity contribution in [2.75, 3.05) is 39.3 Å². The van der Waals surface area contributed by atoms with Crippen LogP contribution in [0.1, 0.15) is 26.2 Å². The van der Waals surface area contributed by atoms with E-state index >= 15 is 0 Å². The van der Waals surface area contributed by atoms with E-state index in [0.717, 1.165) is 24.8 Å². The molecule has 0 unspecified atom stereocenters. The Hall–Kier alpha value is -0.540. The molecule has 98 valence electrons. The maximum atomic E-state index is 9.00. The second kappa shape index (κ2) is 5.87. The number of allylic oxidation sites excluding steroid dienone is 1. The maximum Gasteiger partial charge on any atom is 0.0558 e. The molecule has 2 fully saturated rings. The first kappa shape index (κ1) is 12.9. The Morgan fingerprint density at radius 3 is 2.71 bits per heavy atom. The van der Waals surface area contributed by atoms with Crippen molar-refractivity contribution >= 4 is 0 Å². The summed E-state index contributed by atoms with van der Waals surface area (Å²) < 4.78 is 0. The van der Waals surface area contributed by atoms with Crippen LogP contribution in [0.4, 0.5) is 0 Å². The van der Waals surface area contributed by atoms with Gasteiger partial charge in [0, 0.05) is 31.9 Å². The van der Waals surface area contributed by atoms with Gasteiger partial charge in [-0.05, 0) is 37.6 Å². The Morgan fingerprint density at radius 1 is 1.29 bits per heavy atom. The van der Waals surface area contributed by atoms with Crippen molar-refractivity contribution in [3.63, 3.8) is 0 Å². The Balaban J connectivity index is 1.75. The van der Waals surface area contributed by atoms with Crippen molar-refractivity contribution < 1.29 is 5.11 Å². The average molecular weight is 238 g/mol. The van der Waals surface area contributed by atoms with Crippen LogP contribution in [0, 0.1) is 11.8 Å². The zero-order valence-corrected chi connectivity index (χ0v) is 11.1. The first-order chi connectivity index (χ1) is 8.24. The molecule has 2 saturated heterocycles. The zero-order valence-electron chi connectivity index (χ0n) is 11.1. The molecule has 17 heavy (non-hydrogen) atoms. The van der Waals surface area contributed by atoms with E-state index in [0.29, 0.717) is 6.61 Å². The van der Waals surface area contributed by atoms with Gasteiger partial charge >= 0.3 is 0 Å². The van der Waals surface area contributed by atoms with E-state index in [2.05, 4.69) is 23.3 Å². The predicted molar refractivity (Wildman–Crippen MR) is 70.7 cm³/mol. The molecule has 0 bridgehead atoms. The highest BCUT2D eigenvalue weighted by molar-refractivity contribution is 5.01. The summed E-state index contributed by atoms with van der Waals surface area (Å²) >= 11 is 0. The third-order valence-corrected chi connectivity index (χ3v) is 4.39. The fraction of sp³-hybridized carbons (Fsp3) is 0.857. The molecule has 0 aromatic carbocycles. The monoisotopic (exact) mass is 238 g/mol. The molecule has 0 amide bonds. The maximum absolute atomic E-state index is 9.00. The van der Waals surface area contributed by atoms with E-state index < -0.39 is 0 Å². The molecule has 2 rings (SSSR count). The second-order valence-corrected chi connectivity index (χ2v) is 5.51. The highest BCUT2D eigenvalue weighted by atomic mass is 16.3. The molecule has 3 heteroatoms. The second-order valence-electron chi connectivity index (χ2n) is 5.51. The summed E-state index contributed by atoms with van der Waals surface area (Å²) in [5.41, 5.74) is 1.30. The van der Waals surface area contributed by atoms with Crippen molar-refractivity contribution in [2.45, 2.75) is 26.2 Å². The van der Waals surface area contributed by atoms with Crippen LogP contribution < -0.4 is 0 Å². The number of nitrogens with zero attached hydrogens (tertiary/aromatic N) is 2. The lowest BCUT2D eigenvalue weighted by Gasteiger charge is -2.48. The minimum atomic E-state index is 0.302. The van der Waals surface area contributed by atoms with E-state index in [1.54, 1.807) is 0 Å². The molecule has 0 radical (unpaired) electrons. The summed E-state index contributed by atoms with van der Waals surface area (Å²) in [6, 6.07) is 0. The molecule has 0 spiro atoms. The average Bonchev–Trinajstić information content (AvgIpc) is 2.28. The van der Waals surface area contributed by atoms with Crippen molar-refractivity contribution in [3.8, 4) is 0 Å². The van der Waals surface area contributed by atoms with E-state index in [1.807, 2.05) is 0 Å². The molecule has 0 aliphatic carbocycles. The van der Waals surface area contributed by atoms with E-state index in [1.165, 1.54) is 44.7 Å². The summed E-state index contributed by atoms with van der Waals surface area (Å²) in [5.74, 6) is 1.70. The number of hydrogen-bond acceptors (Lipinski definition) is 3. The van der Waals surface area contributed by atoms with Gasteiger partial charge in [-0.25, -0.2) is 0 Å². The third kappa shape index (κ3) is 3.02. The van der Waals surface area contributed by atoms with Gasteiger partial charge in [-0.1, -0.05) is 13.5 Å². The van der Waals surface area contributed by atoms with E-state index in [4.69, 9.17) is 5.11 Å². The van der Waals surface area contributed by atoms with Crippen LogP contribution in [0.15, 0.2) is 12.3 Å². The molecule has 1 N–H and O–H groups in total. The first-order valence-electron chi connectivity index (χ1n) is 7.00. The SMILES string of the molecule is C=C(CC)N1CC([C@H]2CCCN(CCO)C2)C1. The topological polar surface area (TPSA) is 26.7 Å². The van der Waals surface area contributed by atoms with Crippen molar-refractivity contribution in [1.82, 2.24) is 9.80 Å². The number of aliphatic hydroxyl groups is 1. The van der Waals surface area contributed by atoms with E-state index in [9.17, 15) is 0 Å². The molecule has 2 aliphatic rings. The van der Waals surface area contributed by atoms with Crippen molar-refractivity contribution in [1.29, 1.82) is 0 Å². The number of rotatable bonds is 5. The normalized spacial score (nSPS) is 26.9. The lowest BCUT2D eigenvalue weighted by Crippen LogP contribution is -2.52. The van der Waals surface area contributed by atoms with Gasteiger partial charge in [0.2, 0.25) is 0 Å². The van der Waals surface area contributed by atoms with Crippen molar-refractivity contribution in [2.24, 2.45) is 11.8 Å². The number of β-amino-alcohol motifs (C(OH)–C–C–N with tert-alkyl or cyclic N) is 1. The lowest BCUT2D eigenvalue weighted by atomic mass is 9.80. The Bertz CT molecular complexity index is 259. The molecule has 0 saturated carbocycles. The highest BCUT2D eigenvalue weighted by Gasteiger charge is 2.35. The van der Waals surface area contributed by atoms with Gasteiger partial charge in [0.25, 0.3) is 0 Å². The molecular formula is C14H26N2O. The van der Waals surface area contributed by atoms with Crippen LogP contribution in [0.3, 0.4) is 0 Å². The van der Waals surface area contributed by atoms with Crippen LogP contribution in [0.5, 0.6) is 0 Å². The van der Waals surface area contributed by atoms with Crippen LogP contribution in [-0.4, -0.2) is 54.2 Å². The van der Waals surface area contributed by atoms with Gasteiger partial charge in [-0.15, -0.1) is 0 Å². The largest absolute Gasteiger partial charge is 0.395 e. The summed E-state index contributed by atoms with van der Waals surface area (Å²) in [6.45, 7) is 12.2. The summed E-state index contributed by atoms with van der Waals surface area (Å²) in [6.07, 6.45) is 3.75. The molecule has 3 nitrogen and oxygen atoms in total. The first-order valence-corrected chi connectivity index (χ1v) is 7.00. The Morgan fingerprint density at radius 2 is 2.06 bits per heavy atom. The van der Waals surface area contributed by atoms with Crippen LogP contribution >= 0.6 is 0 Å². The molecule has 2 aliphatic heterocycles. The minimum absolute atomic E-state index is 0.302. The lowest BCUT2D eigenvalue weighted by molar-refractivity contribution is 0.0372.